The average Bonchev–Trinajstić information content (AvgIpc) is 2.95. The van der Waals surface area contributed by atoms with E-state index in [1.54, 1.807) is 29.2 Å². The van der Waals surface area contributed by atoms with Gasteiger partial charge in [-0.05, 0) is 48.5 Å². The van der Waals surface area contributed by atoms with Crippen molar-refractivity contribution in [3.05, 3.63) is 63.6 Å². The van der Waals surface area contributed by atoms with Crippen molar-refractivity contribution < 1.29 is 9.59 Å². The Bertz CT molecular complexity index is 747. The quantitative estimate of drug-likeness (QED) is 0.836. The van der Waals surface area contributed by atoms with Crippen molar-refractivity contribution in [2.24, 2.45) is 5.92 Å². The van der Waals surface area contributed by atoms with Crippen LogP contribution in [0, 0.1) is 5.92 Å². The minimum atomic E-state index is -0.125. The molecular formula is C18H16BrClN2O2. The number of nitrogens with one attached hydrogen (secondary N) is 1. The molecule has 6 heteroatoms. The highest BCUT2D eigenvalue weighted by Gasteiger charge is 2.30. The molecule has 3 rings (SSSR count). The second-order valence-corrected chi connectivity index (χ2v) is 7.12. The molecule has 124 valence electrons. The third-order valence-corrected chi connectivity index (χ3v) is 4.78. The van der Waals surface area contributed by atoms with E-state index in [0.717, 1.165) is 10.2 Å². The third-order valence-electron chi connectivity index (χ3n) is 4.00. The van der Waals surface area contributed by atoms with Gasteiger partial charge in [-0.3, -0.25) is 9.59 Å². The molecular weight excluding hydrogens is 392 g/mol. The molecule has 1 N–H and O–H groups in total. The standard InChI is InChI=1S/C18H16BrClN2O2/c19-14-3-1-13(2-4-14)18(24)21-10-12-9-17(23)22(11-12)16-7-5-15(20)6-8-16/h1-8,12H,9-11H2,(H,21,24)/t12-/m0/s1. The van der Waals surface area contributed by atoms with Crippen molar-refractivity contribution in [3.63, 3.8) is 0 Å². The van der Waals surface area contributed by atoms with Crippen LogP contribution in [-0.2, 0) is 4.79 Å². The maximum atomic E-state index is 12.2. The third kappa shape index (κ3) is 3.97. The largest absolute Gasteiger partial charge is 0.352 e. The molecule has 4 nitrogen and oxygen atoms in total. The van der Waals surface area contributed by atoms with Crippen molar-refractivity contribution in [3.8, 4) is 0 Å². The number of carbonyl (C=O) groups is 2. The van der Waals surface area contributed by atoms with Crippen molar-refractivity contribution in [2.75, 3.05) is 18.0 Å². The average molecular weight is 408 g/mol. The molecule has 2 aromatic rings. The van der Waals surface area contributed by atoms with Crippen LogP contribution in [0.15, 0.2) is 53.0 Å². The molecule has 0 aliphatic carbocycles. The van der Waals surface area contributed by atoms with Crippen LogP contribution in [0.3, 0.4) is 0 Å². The van der Waals surface area contributed by atoms with E-state index in [2.05, 4.69) is 21.2 Å². The van der Waals surface area contributed by atoms with Gasteiger partial charge in [-0.25, -0.2) is 0 Å². The predicted octanol–water partition coefficient (Wildman–Crippen LogP) is 3.89. The van der Waals surface area contributed by atoms with Gasteiger partial charge in [0.05, 0.1) is 0 Å². The fraction of sp³-hybridized carbons (Fsp3) is 0.222. The summed E-state index contributed by atoms with van der Waals surface area (Å²) in [5.41, 5.74) is 1.45. The van der Waals surface area contributed by atoms with Crippen LogP contribution < -0.4 is 10.2 Å². The molecule has 1 aliphatic rings. The molecule has 1 fully saturated rings. The summed E-state index contributed by atoms with van der Waals surface area (Å²) in [7, 11) is 0. The van der Waals surface area contributed by atoms with Gasteiger partial charge in [0, 0.05) is 46.2 Å². The molecule has 24 heavy (non-hydrogen) atoms. The smallest absolute Gasteiger partial charge is 0.251 e. The highest BCUT2D eigenvalue weighted by atomic mass is 79.9. The summed E-state index contributed by atoms with van der Waals surface area (Å²) < 4.78 is 0.930. The van der Waals surface area contributed by atoms with E-state index in [1.165, 1.54) is 0 Å². The molecule has 0 radical (unpaired) electrons. The fourth-order valence-electron chi connectivity index (χ4n) is 2.73. The summed E-state index contributed by atoms with van der Waals surface area (Å²) in [6.07, 6.45) is 0.434. The minimum Gasteiger partial charge on any atom is -0.352 e. The van der Waals surface area contributed by atoms with Gasteiger partial charge in [-0.1, -0.05) is 27.5 Å². The fourth-order valence-corrected chi connectivity index (χ4v) is 3.12. The van der Waals surface area contributed by atoms with Crippen LogP contribution in [0.4, 0.5) is 5.69 Å². The zero-order valence-electron chi connectivity index (χ0n) is 12.8. The van der Waals surface area contributed by atoms with E-state index in [4.69, 9.17) is 11.6 Å². The van der Waals surface area contributed by atoms with Crippen LogP contribution in [0.2, 0.25) is 5.02 Å². The van der Waals surface area contributed by atoms with E-state index in [1.807, 2.05) is 24.3 Å². The molecule has 2 amide bonds. The number of nitrogens with zero attached hydrogens (tertiary/aromatic N) is 1. The van der Waals surface area contributed by atoms with Crippen LogP contribution in [0.25, 0.3) is 0 Å². The van der Waals surface area contributed by atoms with Gasteiger partial charge in [0.2, 0.25) is 5.91 Å². The molecule has 0 spiro atoms. The van der Waals surface area contributed by atoms with Gasteiger partial charge in [-0.2, -0.15) is 0 Å². The summed E-state index contributed by atoms with van der Waals surface area (Å²) >= 11 is 9.23. The van der Waals surface area contributed by atoms with Crippen LogP contribution in [0.1, 0.15) is 16.8 Å². The molecule has 1 heterocycles. The van der Waals surface area contributed by atoms with Crippen molar-refractivity contribution in [1.82, 2.24) is 5.32 Å². The Morgan fingerprint density at radius 1 is 1.17 bits per heavy atom. The summed E-state index contributed by atoms with van der Waals surface area (Å²) in [5, 5.41) is 3.55. The lowest BCUT2D eigenvalue weighted by Gasteiger charge is -2.17. The molecule has 1 atom stereocenters. The zero-order valence-corrected chi connectivity index (χ0v) is 15.2. The summed E-state index contributed by atoms with van der Waals surface area (Å²) in [6, 6.07) is 14.4. The molecule has 0 unspecified atom stereocenters. The minimum absolute atomic E-state index is 0.0696. The number of benzene rings is 2. The Morgan fingerprint density at radius 2 is 1.83 bits per heavy atom. The van der Waals surface area contributed by atoms with E-state index in [9.17, 15) is 9.59 Å². The first-order valence-electron chi connectivity index (χ1n) is 7.62. The van der Waals surface area contributed by atoms with Crippen LogP contribution >= 0.6 is 27.5 Å². The normalized spacial score (nSPS) is 17.2. The molecule has 2 aromatic carbocycles. The molecule has 0 saturated carbocycles. The highest BCUT2D eigenvalue weighted by Crippen LogP contribution is 2.26. The number of anilines is 1. The molecule has 0 bridgehead atoms. The van der Waals surface area contributed by atoms with Gasteiger partial charge in [-0.15, -0.1) is 0 Å². The lowest BCUT2D eigenvalue weighted by atomic mass is 10.1. The topological polar surface area (TPSA) is 49.4 Å². The number of rotatable bonds is 4. The number of amides is 2. The lowest BCUT2D eigenvalue weighted by molar-refractivity contribution is -0.117. The van der Waals surface area contributed by atoms with E-state index in [-0.39, 0.29) is 17.7 Å². The Hall–Kier alpha value is -1.85. The first-order valence-corrected chi connectivity index (χ1v) is 8.80. The Kier molecular flexibility index (Phi) is 5.21. The SMILES string of the molecule is O=C(NC[C@@H]1CC(=O)N(c2ccc(Cl)cc2)C1)c1ccc(Br)cc1. The second-order valence-electron chi connectivity index (χ2n) is 5.77. The van der Waals surface area contributed by atoms with Crippen LogP contribution in [-0.4, -0.2) is 24.9 Å². The number of carbonyl (C=O) groups excluding carboxylic acids is 2. The summed E-state index contributed by atoms with van der Waals surface area (Å²) in [5.74, 6) is 0.0488. The number of hydrogen-bond acceptors (Lipinski definition) is 2. The first-order chi connectivity index (χ1) is 11.5. The van der Waals surface area contributed by atoms with E-state index >= 15 is 0 Å². The van der Waals surface area contributed by atoms with E-state index < -0.39 is 0 Å². The van der Waals surface area contributed by atoms with Gasteiger partial charge in [0.1, 0.15) is 0 Å². The van der Waals surface area contributed by atoms with Crippen molar-refractivity contribution >= 4 is 45.0 Å². The van der Waals surface area contributed by atoms with E-state index in [0.29, 0.717) is 30.1 Å². The van der Waals surface area contributed by atoms with Crippen molar-refractivity contribution in [1.29, 1.82) is 0 Å². The van der Waals surface area contributed by atoms with Gasteiger partial charge in [0.25, 0.3) is 5.91 Å². The lowest BCUT2D eigenvalue weighted by Crippen LogP contribution is -2.31. The summed E-state index contributed by atoms with van der Waals surface area (Å²) in [6.45, 7) is 1.08. The van der Waals surface area contributed by atoms with Crippen molar-refractivity contribution in [2.45, 2.75) is 6.42 Å². The monoisotopic (exact) mass is 406 g/mol. The summed E-state index contributed by atoms with van der Waals surface area (Å²) in [4.78, 5) is 26.1. The van der Waals surface area contributed by atoms with Crippen LogP contribution in [0.5, 0.6) is 0 Å². The predicted molar refractivity (Wildman–Crippen MR) is 98.4 cm³/mol. The molecule has 1 saturated heterocycles. The van der Waals surface area contributed by atoms with Gasteiger partial charge < -0.3 is 10.2 Å². The Balaban J connectivity index is 1.57. The Labute approximate surface area is 153 Å². The number of halogens is 2. The highest BCUT2D eigenvalue weighted by molar-refractivity contribution is 9.10. The molecule has 0 aromatic heterocycles. The maximum Gasteiger partial charge on any atom is 0.251 e. The first kappa shape index (κ1) is 17.0. The van der Waals surface area contributed by atoms with Gasteiger partial charge in [0.15, 0.2) is 0 Å². The Morgan fingerprint density at radius 3 is 2.50 bits per heavy atom. The number of hydrogen-bond donors (Lipinski definition) is 1. The maximum absolute atomic E-state index is 12.2. The zero-order chi connectivity index (χ0) is 17.1. The molecule has 1 aliphatic heterocycles. The second kappa shape index (κ2) is 7.36. The van der Waals surface area contributed by atoms with Gasteiger partial charge >= 0.3 is 0 Å².